The third kappa shape index (κ3) is 3.54. The summed E-state index contributed by atoms with van der Waals surface area (Å²) < 4.78 is 5.38. The fraction of sp³-hybridized carbons (Fsp3) is 0.273. The number of ether oxygens (including phenoxy) is 1. The van der Waals surface area contributed by atoms with Gasteiger partial charge in [0.15, 0.2) is 0 Å². The van der Waals surface area contributed by atoms with Crippen molar-refractivity contribution in [2.24, 2.45) is 0 Å². The number of nitrogens with zero attached hydrogens (tertiary/aromatic N) is 1. The lowest BCUT2D eigenvalue weighted by Crippen LogP contribution is -2.45. The Bertz CT molecular complexity index is 858. The minimum atomic E-state index is -0.297. The highest BCUT2D eigenvalue weighted by Gasteiger charge is 2.31. The fourth-order valence-electron chi connectivity index (χ4n) is 3.34. The van der Waals surface area contributed by atoms with Crippen LogP contribution < -0.4 is 4.74 Å². The third-order valence-electron chi connectivity index (χ3n) is 4.91. The molecule has 1 unspecified atom stereocenters. The van der Waals surface area contributed by atoms with Crippen LogP contribution in [-0.2, 0) is 9.59 Å². The Labute approximate surface area is 154 Å². The molecule has 4 heteroatoms. The number of hydrogen-bond donors (Lipinski definition) is 0. The van der Waals surface area contributed by atoms with Crippen LogP contribution >= 0.6 is 0 Å². The normalized spacial score (nSPS) is 19.3. The number of benzene rings is 1. The Morgan fingerprint density at radius 2 is 2.08 bits per heavy atom. The molecule has 1 heterocycles. The lowest BCUT2D eigenvalue weighted by Gasteiger charge is -2.31. The summed E-state index contributed by atoms with van der Waals surface area (Å²) in [5.74, 6) is 0.227. The predicted octanol–water partition coefficient (Wildman–Crippen LogP) is 3.90. The van der Waals surface area contributed by atoms with E-state index in [1.807, 2.05) is 50.3 Å². The summed E-state index contributed by atoms with van der Waals surface area (Å²) in [4.78, 5) is 26.4. The number of hydrogen-bond acceptors (Lipinski definition) is 3. The summed E-state index contributed by atoms with van der Waals surface area (Å²) in [7, 11) is 1.63. The lowest BCUT2D eigenvalue weighted by atomic mass is 9.97. The van der Waals surface area contributed by atoms with Gasteiger partial charge in [-0.1, -0.05) is 30.4 Å². The van der Waals surface area contributed by atoms with Gasteiger partial charge in [-0.3, -0.25) is 14.5 Å². The highest BCUT2D eigenvalue weighted by atomic mass is 16.5. The van der Waals surface area contributed by atoms with E-state index < -0.39 is 0 Å². The molecule has 0 saturated heterocycles. The molecular formula is C22H23NO3. The maximum absolute atomic E-state index is 12.8. The summed E-state index contributed by atoms with van der Waals surface area (Å²) in [5, 5.41) is 0. The van der Waals surface area contributed by atoms with E-state index in [9.17, 15) is 9.59 Å². The van der Waals surface area contributed by atoms with E-state index in [1.54, 1.807) is 13.2 Å². The van der Waals surface area contributed by atoms with Crippen LogP contribution in [0.3, 0.4) is 0 Å². The number of aryl methyl sites for hydroxylation is 1. The quantitative estimate of drug-likeness (QED) is 0.775. The van der Waals surface area contributed by atoms with E-state index >= 15 is 0 Å². The molecule has 1 aromatic rings. The third-order valence-corrected chi connectivity index (χ3v) is 4.91. The van der Waals surface area contributed by atoms with Crippen molar-refractivity contribution in [3.8, 4) is 5.75 Å². The predicted molar refractivity (Wildman–Crippen MR) is 103 cm³/mol. The molecule has 134 valence electrons. The maximum Gasteiger partial charge on any atom is 0.254 e. The second-order valence-electron chi connectivity index (χ2n) is 6.57. The SMILES string of the molecule is COc1cc(/C=C/C(=O)N2C(=O)C=CCC2C2=CC=CC2)cc(C)c1C. The van der Waals surface area contributed by atoms with Crippen molar-refractivity contribution in [3.05, 3.63) is 70.9 Å². The molecule has 4 nitrogen and oxygen atoms in total. The second-order valence-corrected chi connectivity index (χ2v) is 6.57. The zero-order valence-electron chi connectivity index (χ0n) is 15.4. The van der Waals surface area contributed by atoms with Gasteiger partial charge in [0.25, 0.3) is 11.8 Å². The zero-order chi connectivity index (χ0) is 18.7. The Morgan fingerprint density at radius 3 is 2.77 bits per heavy atom. The van der Waals surface area contributed by atoms with Crippen LogP contribution in [0.4, 0.5) is 0 Å². The van der Waals surface area contributed by atoms with Crippen LogP contribution in [0.25, 0.3) is 6.08 Å². The molecule has 0 spiro atoms. The van der Waals surface area contributed by atoms with Crippen LogP contribution in [0.5, 0.6) is 5.75 Å². The van der Waals surface area contributed by atoms with Gasteiger partial charge in [-0.15, -0.1) is 0 Å². The molecule has 0 aromatic heterocycles. The first kappa shape index (κ1) is 17.9. The minimum Gasteiger partial charge on any atom is -0.496 e. The average Bonchev–Trinajstić information content (AvgIpc) is 3.16. The summed E-state index contributed by atoms with van der Waals surface area (Å²) in [6.07, 6.45) is 14.0. The van der Waals surface area contributed by atoms with Gasteiger partial charge in [0.05, 0.1) is 13.2 Å². The molecule has 2 aliphatic rings. The summed E-state index contributed by atoms with van der Waals surface area (Å²) >= 11 is 0. The van der Waals surface area contributed by atoms with Gasteiger partial charge in [-0.2, -0.15) is 0 Å². The highest BCUT2D eigenvalue weighted by Crippen LogP contribution is 2.27. The second kappa shape index (κ2) is 7.56. The Balaban J connectivity index is 1.83. The van der Waals surface area contributed by atoms with Crippen molar-refractivity contribution in [1.29, 1.82) is 0 Å². The maximum atomic E-state index is 12.8. The molecule has 2 amide bonds. The van der Waals surface area contributed by atoms with Gasteiger partial charge in [0.1, 0.15) is 5.75 Å². The Hall–Kier alpha value is -2.88. The first-order chi connectivity index (χ1) is 12.5. The number of carbonyl (C=O) groups excluding carboxylic acids is 2. The topological polar surface area (TPSA) is 46.6 Å². The molecule has 0 N–H and O–H groups in total. The standard InChI is InChI=1S/C22H23NO3/c1-15-13-17(14-20(26-3)16(15)2)11-12-22(25)23-19(9-6-10-21(23)24)18-7-4-5-8-18/h4-7,10-14,19H,8-9H2,1-3H3/b12-11+. The Morgan fingerprint density at radius 1 is 1.27 bits per heavy atom. The molecule has 0 fully saturated rings. The monoisotopic (exact) mass is 349 g/mol. The Kier molecular flexibility index (Phi) is 5.21. The first-order valence-corrected chi connectivity index (χ1v) is 8.74. The van der Waals surface area contributed by atoms with Crippen LogP contribution in [0.1, 0.15) is 29.5 Å². The lowest BCUT2D eigenvalue weighted by molar-refractivity contribution is -0.141. The van der Waals surface area contributed by atoms with Gasteiger partial charge >= 0.3 is 0 Å². The van der Waals surface area contributed by atoms with E-state index in [1.165, 1.54) is 17.1 Å². The van der Waals surface area contributed by atoms with Crippen LogP contribution in [0, 0.1) is 13.8 Å². The molecule has 1 atom stereocenters. The van der Waals surface area contributed by atoms with E-state index in [-0.39, 0.29) is 17.9 Å². The molecule has 0 radical (unpaired) electrons. The van der Waals surface area contributed by atoms with E-state index in [0.717, 1.165) is 34.4 Å². The van der Waals surface area contributed by atoms with Crippen LogP contribution in [0.15, 0.2) is 54.2 Å². The van der Waals surface area contributed by atoms with Crippen molar-refractivity contribution in [2.45, 2.75) is 32.7 Å². The smallest absolute Gasteiger partial charge is 0.254 e. The molecule has 1 aliphatic carbocycles. The van der Waals surface area contributed by atoms with Gasteiger partial charge < -0.3 is 4.74 Å². The van der Waals surface area contributed by atoms with E-state index in [4.69, 9.17) is 4.74 Å². The number of amides is 2. The molecular weight excluding hydrogens is 326 g/mol. The first-order valence-electron chi connectivity index (χ1n) is 8.74. The van der Waals surface area contributed by atoms with E-state index in [2.05, 4.69) is 0 Å². The molecule has 1 aliphatic heterocycles. The number of carbonyl (C=O) groups is 2. The molecule has 26 heavy (non-hydrogen) atoms. The van der Waals surface area contributed by atoms with Gasteiger partial charge in [-0.25, -0.2) is 0 Å². The van der Waals surface area contributed by atoms with Crippen molar-refractivity contribution in [2.75, 3.05) is 7.11 Å². The van der Waals surface area contributed by atoms with Crippen LogP contribution in [-0.4, -0.2) is 29.9 Å². The highest BCUT2D eigenvalue weighted by molar-refractivity contribution is 6.07. The van der Waals surface area contributed by atoms with Crippen molar-refractivity contribution < 1.29 is 14.3 Å². The molecule has 3 rings (SSSR count). The number of allylic oxidation sites excluding steroid dienone is 3. The van der Waals surface area contributed by atoms with Crippen molar-refractivity contribution in [3.63, 3.8) is 0 Å². The van der Waals surface area contributed by atoms with Gasteiger partial charge in [-0.05, 0) is 67.2 Å². The summed E-state index contributed by atoms with van der Waals surface area (Å²) in [6.45, 7) is 4.01. The van der Waals surface area contributed by atoms with E-state index in [0.29, 0.717) is 6.42 Å². The number of rotatable bonds is 4. The number of methoxy groups -OCH3 is 1. The van der Waals surface area contributed by atoms with Gasteiger partial charge in [0, 0.05) is 6.08 Å². The fourth-order valence-corrected chi connectivity index (χ4v) is 3.34. The van der Waals surface area contributed by atoms with Crippen molar-refractivity contribution >= 4 is 17.9 Å². The summed E-state index contributed by atoms with van der Waals surface area (Å²) in [5.41, 5.74) is 4.13. The number of imide groups is 1. The summed E-state index contributed by atoms with van der Waals surface area (Å²) in [6, 6.07) is 3.69. The van der Waals surface area contributed by atoms with Crippen molar-refractivity contribution in [1.82, 2.24) is 4.90 Å². The molecule has 1 aromatic carbocycles. The van der Waals surface area contributed by atoms with Crippen LogP contribution in [0.2, 0.25) is 0 Å². The van der Waals surface area contributed by atoms with Gasteiger partial charge in [0.2, 0.25) is 0 Å². The minimum absolute atomic E-state index is 0.200. The largest absolute Gasteiger partial charge is 0.496 e. The average molecular weight is 349 g/mol. The molecule has 0 bridgehead atoms. The molecule has 0 saturated carbocycles. The zero-order valence-corrected chi connectivity index (χ0v) is 15.4.